The van der Waals surface area contributed by atoms with Crippen LogP contribution in [-0.4, -0.2) is 72.6 Å². The van der Waals surface area contributed by atoms with E-state index >= 15 is 0 Å². The van der Waals surface area contributed by atoms with E-state index in [4.69, 9.17) is 0 Å². The zero-order valence-electron chi connectivity index (χ0n) is 16.6. The van der Waals surface area contributed by atoms with Crippen LogP contribution in [-0.2, 0) is 4.79 Å². The van der Waals surface area contributed by atoms with Crippen molar-refractivity contribution in [1.82, 2.24) is 20.2 Å². The average molecular weight is 373 g/mol. The fraction of sp³-hybridized carbons (Fsp3) is 0.750. The normalized spacial score (nSPS) is 25.0. The van der Waals surface area contributed by atoms with Gasteiger partial charge in [-0.1, -0.05) is 0 Å². The zero-order valence-corrected chi connectivity index (χ0v) is 16.6. The smallest absolute Gasteiger partial charge is 0.237 e. The first kappa shape index (κ1) is 18.5. The van der Waals surface area contributed by atoms with Crippen LogP contribution in [0, 0.1) is 0 Å². The Morgan fingerprint density at radius 3 is 2.41 bits per heavy atom. The summed E-state index contributed by atoms with van der Waals surface area (Å²) >= 11 is 0. The number of carbonyl (C=O) groups is 1. The number of rotatable bonds is 5. The lowest BCUT2D eigenvalue weighted by Gasteiger charge is -2.41. The highest BCUT2D eigenvalue weighted by atomic mass is 16.2. The quantitative estimate of drug-likeness (QED) is 0.848. The first-order valence-electron chi connectivity index (χ1n) is 10.4. The second-order valence-corrected chi connectivity index (χ2v) is 8.34. The van der Waals surface area contributed by atoms with E-state index in [9.17, 15) is 4.79 Å². The molecule has 7 nitrogen and oxygen atoms in total. The van der Waals surface area contributed by atoms with E-state index in [0.29, 0.717) is 12.1 Å². The van der Waals surface area contributed by atoms with Crippen molar-refractivity contribution in [1.29, 1.82) is 0 Å². The van der Waals surface area contributed by atoms with Crippen LogP contribution in [0.1, 0.15) is 44.9 Å². The molecule has 3 aliphatic rings. The summed E-state index contributed by atoms with van der Waals surface area (Å²) in [5, 5.41) is 3.08. The summed E-state index contributed by atoms with van der Waals surface area (Å²) in [6, 6.07) is 3.31. The Hall–Kier alpha value is -1.89. The number of nitrogens with zero attached hydrogens (tertiary/aromatic N) is 5. The Labute approximate surface area is 162 Å². The molecule has 27 heavy (non-hydrogen) atoms. The van der Waals surface area contributed by atoms with Crippen molar-refractivity contribution >= 4 is 17.5 Å². The van der Waals surface area contributed by atoms with Gasteiger partial charge in [-0.25, -0.2) is 9.97 Å². The molecule has 148 valence electrons. The monoisotopic (exact) mass is 372 g/mol. The summed E-state index contributed by atoms with van der Waals surface area (Å²) in [4.78, 5) is 28.3. The second-order valence-electron chi connectivity index (χ2n) is 8.34. The number of aromatic nitrogens is 2. The molecule has 0 spiro atoms. The van der Waals surface area contributed by atoms with Gasteiger partial charge in [0, 0.05) is 51.9 Å². The Morgan fingerprint density at radius 2 is 1.70 bits per heavy atom. The maximum atomic E-state index is 12.4. The molecular formula is C20H32N6O. The molecule has 0 aromatic carbocycles. The van der Waals surface area contributed by atoms with Crippen LogP contribution in [0.5, 0.6) is 0 Å². The van der Waals surface area contributed by atoms with Gasteiger partial charge in [-0.2, -0.15) is 0 Å². The van der Waals surface area contributed by atoms with Gasteiger partial charge in [0.05, 0.1) is 6.04 Å². The number of hydrogen-bond donors (Lipinski definition) is 1. The molecule has 2 saturated heterocycles. The van der Waals surface area contributed by atoms with E-state index in [1.165, 1.54) is 12.8 Å². The SMILES string of the molecule is CN(C)c1cc(N(C2CC2)C2CCN(C3CCCCNC3=O)CC2)ncn1. The van der Waals surface area contributed by atoms with Gasteiger partial charge in [-0.15, -0.1) is 0 Å². The number of hydrogen-bond acceptors (Lipinski definition) is 6. The van der Waals surface area contributed by atoms with E-state index in [2.05, 4.69) is 31.2 Å². The van der Waals surface area contributed by atoms with E-state index in [1.54, 1.807) is 6.33 Å². The molecule has 1 aliphatic carbocycles. The summed E-state index contributed by atoms with van der Waals surface area (Å²) in [6.07, 6.45) is 9.65. The summed E-state index contributed by atoms with van der Waals surface area (Å²) in [7, 11) is 4.04. The third kappa shape index (κ3) is 4.18. The van der Waals surface area contributed by atoms with Crippen LogP contribution in [0.4, 0.5) is 11.6 Å². The van der Waals surface area contributed by atoms with E-state index in [1.807, 2.05) is 19.0 Å². The number of anilines is 2. The highest BCUT2D eigenvalue weighted by molar-refractivity contribution is 5.81. The van der Waals surface area contributed by atoms with Crippen LogP contribution in [0.3, 0.4) is 0 Å². The fourth-order valence-electron chi connectivity index (χ4n) is 4.50. The van der Waals surface area contributed by atoms with Crippen molar-refractivity contribution in [2.75, 3.05) is 43.5 Å². The van der Waals surface area contributed by atoms with E-state index < -0.39 is 0 Å². The molecule has 0 bridgehead atoms. The molecule has 2 aliphatic heterocycles. The molecule has 1 amide bonds. The van der Waals surface area contributed by atoms with Gasteiger partial charge in [0.25, 0.3) is 0 Å². The van der Waals surface area contributed by atoms with Crippen LogP contribution in [0.2, 0.25) is 0 Å². The van der Waals surface area contributed by atoms with Crippen molar-refractivity contribution in [3.8, 4) is 0 Å². The molecule has 3 heterocycles. The van der Waals surface area contributed by atoms with Crippen molar-refractivity contribution in [3.63, 3.8) is 0 Å². The lowest BCUT2D eigenvalue weighted by atomic mass is 9.99. The van der Waals surface area contributed by atoms with Gasteiger partial charge in [0.15, 0.2) is 0 Å². The molecular weight excluding hydrogens is 340 g/mol. The molecule has 1 saturated carbocycles. The highest BCUT2D eigenvalue weighted by Crippen LogP contribution is 2.36. The van der Waals surface area contributed by atoms with E-state index in [-0.39, 0.29) is 11.9 Å². The first-order chi connectivity index (χ1) is 13.1. The Bertz CT molecular complexity index is 654. The summed E-state index contributed by atoms with van der Waals surface area (Å²) < 4.78 is 0. The van der Waals surface area contributed by atoms with Gasteiger partial charge >= 0.3 is 0 Å². The molecule has 4 rings (SSSR count). The van der Waals surface area contributed by atoms with Gasteiger partial charge in [-0.3, -0.25) is 9.69 Å². The highest BCUT2D eigenvalue weighted by Gasteiger charge is 2.38. The van der Waals surface area contributed by atoms with Crippen molar-refractivity contribution in [2.45, 2.75) is 63.1 Å². The molecule has 1 atom stereocenters. The van der Waals surface area contributed by atoms with Gasteiger partial charge in [0.2, 0.25) is 5.91 Å². The molecule has 1 aromatic heterocycles. The first-order valence-corrected chi connectivity index (χ1v) is 10.4. The number of carbonyl (C=O) groups excluding carboxylic acids is 1. The number of nitrogens with one attached hydrogen (secondary N) is 1. The third-order valence-corrected chi connectivity index (χ3v) is 6.14. The molecule has 1 unspecified atom stereocenters. The van der Waals surface area contributed by atoms with Crippen molar-refractivity contribution in [3.05, 3.63) is 12.4 Å². The fourth-order valence-corrected chi connectivity index (χ4v) is 4.50. The van der Waals surface area contributed by atoms with Crippen LogP contribution < -0.4 is 15.1 Å². The maximum absolute atomic E-state index is 12.4. The summed E-state index contributed by atoms with van der Waals surface area (Å²) in [5.41, 5.74) is 0. The molecule has 3 fully saturated rings. The zero-order chi connectivity index (χ0) is 18.8. The average Bonchev–Trinajstić information content (AvgIpc) is 3.52. The Morgan fingerprint density at radius 1 is 1.00 bits per heavy atom. The van der Waals surface area contributed by atoms with Gasteiger partial charge < -0.3 is 15.1 Å². The maximum Gasteiger partial charge on any atom is 0.237 e. The van der Waals surface area contributed by atoms with Crippen molar-refractivity contribution in [2.24, 2.45) is 0 Å². The predicted octanol–water partition coefficient (Wildman–Crippen LogP) is 1.64. The molecule has 0 radical (unpaired) electrons. The number of likely N-dealkylation sites (tertiary alicyclic amines) is 1. The second kappa shape index (κ2) is 8.00. The minimum Gasteiger partial charge on any atom is -0.363 e. The molecule has 7 heteroatoms. The minimum atomic E-state index is 0.0715. The van der Waals surface area contributed by atoms with Crippen molar-refractivity contribution < 1.29 is 4.79 Å². The topological polar surface area (TPSA) is 64.6 Å². The van der Waals surface area contributed by atoms with Gasteiger partial charge in [-0.05, 0) is 44.9 Å². The number of amides is 1. The number of piperidine rings is 1. The van der Waals surface area contributed by atoms with Crippen LogP contribution in [0.15, 0.2) is 12.4 Å². The standard InChI is InChI=1S/C20H32N6O/c1-24(2)18-13-19(23-14-22-18)26(15-6-7-15)16-8-11-25(12-9-16)17-5-3-4-10-21-20(17)27/h13-17H,3-12H2,1-2H3,(H,21,27). The van der Waals surface area contributed by atoms with E-state index in [0.717, 1.165) is 63.4 Å². The molecule has 1 aromatic rings. The lowest BCUT2D eigenvalue weighted by Crippen LogP contribution is -2.52. The predicted molar refractivity (Wildman–Crippen MR) is 107 cm³/mol. The molecule has 1 N–H and O–H groups in total. The van der Waals surface area contributed by atoms with Crippen LogP contribution in [0.25, 0.3) is 0 Å². The largest absolute Gasteiger partial charge is 0.363 e. The lowest BCUT2D eigenvalue weighted by molar-refractivity contribution is -0.126. The van der Waals surface area contributed by atoms with Gasteiger partial charge in [0.1, 0.15) is 18.0 Å². The Balaban J connectivity index is 1.44. The Kier molecular flexibility index (Phi) is 5.48. The third-order valence-electron chi connectivity index (χ3n) is 6.14. The summed E-state index contributed by atoms with van der Waals surface area (Å²) in [6.45, 7) is 2.83. The van der Waals surface area contributed by atoms with Crippen LogP contribution >= 0.6 is 0 Å². The minimum absolute atomic E-state index is 0.0715. The summed E-state index contributed by atoms with van der Waals surface area (Å²) in [5.74, 6) is 2.25.